The highest BCUT2D eigenvalue weighted by molar-refractivity contribution is 5.65. The van der Waals surface area contributed by atoms with Crippen molar-refractivity contribution in [1.29, 1.82) is 0 Å². The number of hydrogen-bond donors (Lipinski definition) is 3. The van der Waals surface area contributed by atoms with Crippen molar-refractivity contribution in [1.82, 2.24) is 24.6 Å². The van der Waals surface area contributed by atoms with Crippen LogP contribution in [0.2, 0.25) is 0 Å². The van der Waals surface area contributed by atoms with Crippen LogP contribution in [-0.2, 0) is 26.4 Å². The van der Waals surface area contributed by atoms with Gasteiger partial charge in [-0.1, -0.05) is 0 Å². The number of fused-ring (bicyclic) bond motifs is 1. The fourth-order valence-electron chi connectivity index (χ4n) is 3.38. The number of anilines is 1. The Morgan fingerprint density at radius 1 is 1.27 bits per heavy atom. The Hall–Kier alpha value is -3.35. The van der Waals surface area contributed by atoms with Crippen LogP contribution in [0.25, 0.3) is 5.52 Å². The van der Waals surface area contributed by atoms with Crippen LogP contribution in [0.5, 0.6) is 0 Å². The van der Waals surface area contributed by atoms with E-state index in [9.17, 15) is 15.0 Å². The number of nitrogen functional groups attached to an aromatic ring is 1. The first-order valence-corrected chi connectivity index (χ1v) is 9.08. The summed E-state index contributed by atoms with van der Waals surface area (Å²) in [5.74, 6) is 0.578. The predicted octanol–water partition coefficient (Wildman–Crippen LogP) is -0.209. The molecule has 1 fully saturated rings. The van der Waals surface area contributed by atoms with Crippen molar-refractivity contribution < 1.29 is 29.2 Å². The molecule has 3 aromatic heterocycles. The van der Waals surface area contributed by atoms with Gasteiger partial charge in [0.25, 0.3) is 0 Å². The van der Waals surface area contributed by atoms with Crippen molar-refractivity contribution in [2.24, 2.45) is 0 Å². The van der Waals surface area contributed by atoms with Crippen LogP contribution in [0, 0.1) is 0 Å². The Labute approximate surface area is 170 Å². The van der Waals surface area contributed by atoms with E-state index in [1.54, 1.807) is 25.1 Å². The number of aromatic nitrogens is 5. The van der Waals surface area contributed by atoms with Crippen molar-refractivity contribution in [2.75, 3.05) is 12.3 Å². The van der Waals surface area contributed by atoms with Crippen LogP contribution in [0.4, 0.5) is 10.6 Å². The SMILES string of the molecule is C[C@@]1(c2ccc3c(N)ncnn23)O[C@H](COC(=O)OCc2ncccn2)[C@@H](O)[C@H]1O. The number of hydrogen-bond acceptors (Lipinski definition) is 11. The molecular formula is C18H20N6O6. The summed E-state index contributed by atoms with van der Waals surface area (Å²) >= 11 is 0. The first-order chi connectivity index (χ1) is 14.4. The Morgan fingerprint density at radius 2 is 2.03 bits per heavy atom. The number of rotatable bonds is 5. The summed E-state index contributed by atoms with van der Waals surface area (Å²) < 4.78 is 17.3. The standard InChI is InChI=1S/C18H20N6O6/c1-18(12-4-3-10-16(19)22-9-23-24(10)12)15(26)14(25)11(30-18)7-28-17(27)29-8-13-20-5-2-6-21-13/h2-6,9,11,14-15,25-26H,7-8H2,1H3,(H2,19,22,23)/t11-,14-,15-,18+/m1/s1. The van der Waals surface area contributed by atoms with Gasteiger partial charge in [-0.25, -0.2) is 24.3 Å². The van der Waals surface area contributed by atoms with E-state index in [1.807, 2.05) is 0 Å². The highest BCUT2D eigenvalue weighted by atomic mass is 16.7. The molecule has 30 heavy (non-hydrogen) atoms. The minimum Gasteiger partial charge on any atom is -0.431 e. The maximum Gasteiger partial charge on any atom is 0.508 e. The molecule has 0 saturated carbocycles. The molecule has 0 aromatic carbocycles. The molecular weight excluding hydrogens is 396 g/mol. The summed E-state index contributed by atoms with van der Waals surface area (Å²) in [5, 5.41) is 25.2. The molecule has 1 aliphatic rings. The molecule has 12 heteroatoms. The van der Waals surface area contributed by atoms with Crippen molar-refractivity contribution >= 4 is 17.5 Å². The molecule has 0 aliphatic carbocycles. The molecule has 0 amide bonds. The summed E-state index contributed by atoms with van der Waals surface area (Å²) in [6.07, 6.45) is -0.276. The third-order valence-electron chi connectivity index (χ3n) is 4.96. The number of nitrogens with two attached hydrogens (primary N) is 1. The highest BCUT2D eigenvalue weighted by Crippen LogP contribution is 2.40. The largest absolute Gasteiger partial charge is 0.508 e. The first kappa shape index (κ1) is 19.9. The van der Waals surface area contributed by atoms with Crippen molar-refractivity contribution in [3.8, 4) is 0 Å². The van der Waals surface area contributed by atoms with Crippen molar-refractivity contribution in [2.45, 2.75) is 37.4 Å². The van der Waals surface area contributed by atoms with Gasteiger partial charge in [0.05, 0.1) is 5.69 Å². The number of nitrogens with zero attached hydrogens (tertiary/aromatic N) is 5. The number of ether oxygens (including phenoxy) is 3. The molecule has 1 saturated heterocycles. The minimum atomic E-state index is -1.33. The Kier molecular flexibility index (Phi) is 5.20. The lowest BCUT2D eigenvalue weighted by Crippen LogP contribution is -2.39. The fourth-order valence-corrected chi connectivity index (χ4v) is 3.38. The van der Waals surface area contributed by atoms with Crippen LogP contribution < -0.4 is 5.73 Å². The minimum absolute atomic E-state index is 0.161. The molecule has 0 bridgehead atoms. The van der Waals surface area contributed by atoms with Gasteiger partial charge in [0.15, 0.2) is 18.2 Å². The second-order valence-electron chi connectivity index (χ2n) is 6.87. The zero-order valence-electron chi connectivity index (χ0n) is 16.0. The second-order valence-corrected chi connectivity index (χ2v) is 6.87. The molecule has 158 valence electrons. The summed E-state index contributed by atoms with van der Waals surface area (Å²) in [4.78, 5) is 23.6. The summed E-state index contributed by atoms with van der Waals surface area (Å²) in [5.41, 5.74) is 5.51. The van der Waals surface area contributed by atoms with Gasteiger partial charge in [0.1, 0.15) is 42.4 Å². The molecule has 4 heterocycles. The fraction of sp³-hybridized carbons (Fsp3) is 0.389. The van der Waals surface area contributed by atoms with Gasteiger partial charge in [-0.3, -0.25) is 0 Å². The molecule has 4 N–H and O–H groups in total. The van der Waals surface area contributed by atoms with Gasteiger partial charge in [-0.05, 0) is 25.1 Å². The Morgan fingerprint density at radius 3 is 2.80 bits per heavy atom. The Bertz CT molecular complexity index is 1050. The van der Waals surface area contributed by atoms with E-state index in [2.05, 4.69) is 20.1 Å². The quantitative estimate of drug-likeness (QED) is 0.471. The monoisotopic (exact) mass is 416 g/mol. The van der Waals surface area contributed by atoms with Crippen molar-refractivity contribution in [3.05, 3.63) is 48.4 Å². The molecule has 1 aliphatic heterocycles. The molecule has 0 radical (unpaired) electrons. The van der Waals surface area contributed by atoms with Gasteiger partial charge < -0.3 is 30.2 Å². The molecule has 0 unspecified atom stereocenters. The van der Waals surface area contributed by atoms with Gasteiger partial charge in [0.2, 0.25) is 0 Å². The normalized spacial score (nSPS) is 26.0. The molecule has 4 rings (SSSR count). The van der Waals surface area contributed by atoms with Crippen molar-refractivity contribution in [3.63, 3.8) is 0 Å². The Balaban J connectivity index is 1.42. The van der Waals surface area contributed by atoms with E-state index in [4.69, 9.17) is 19.9 Å². The van der Waals surface area contributed by atoms with Gasteiger partial charge >= 0.3 is 6.16 Å². The van der Waals surface area contributed by atoms with E-state index in [0.717, 1.165) is 0 Å². The van der Waals surface area contributed by atoms with Crippen LogP contribution in [0.1, 0.15) is 18.4 Å². The average Bonchev–Trinajstić information content (AvgIpc) is 3.29. The molecule has 3 aromatic rings. The van der Waals surface area contributed by atoms with Crippen LogP contribution >= 0.6 is 0 Å². The predicted molar refractivity (Wildman–Crippen MR) is 99.8 cm³/mol. The summed E-state index contributed by atoms with van der Waals surface area (Å²) in [7, 11) is 0. The number of carbonyl (C=O) groups excluding carboxylic acids is 1. The maximum absolute atomic E-state index is 11.8. The molecule has 0 spiro atoms. The second kappa shape index (κ2) is 7.82. The lowest BCUT2D eigenvalue weighted by molar-refractivity contribution is -0.0941. The lowest BCUT2D eigenvalue weighted by atomic mass is 9.93. The first-order valence-electron chi connectivity index (χ1n) is 9.08. The number of aliphatic hydroxyl groups excluding tert-OH is 2. The summed E-state index contributed by atoms with van der Waals surface area (Å²) in [6, 6.07) is 5.00. The third kappa shape index (κ3) is 3.51. The zero-order valence-corrected chi connectivity index (χ0v) is 16.0. The maximum atomic E-state index is 11.8. The molecule has 4 atom stereocenters. The molecule has 12 nitrogen and oxygen atoms in total. The topological polar surface area (TPSA) is 167 Å². The lowest BCUT2D eigenvalue weighted by Gasteiger charge is -2.27. The highest BCUT2D eigenvalue weighted by Gasteiger charge is 2.54. The van der Waals surface area contributed by atoms with Crippen LogP contribution in [-0.4, -0.2) is 65.9 Å². The van der Waals surface area contributed by atoms with E-state index in [0.29, 0.717) is 17.0 Å². The van der Waals surface area contributed by atoms with Gasteiger partial charge in [0, 0.05) is 12.4 Å². The van der Waals surface area contributed by atoms with Gasteiger partial charge in [-0.15, -0.1) is 0 Å². The van der Waals surface area contributed by atoms with Crippen LogP contribution in [0.3, 0.4) is 0 Å². The van der Waals surface area contributed by atoms with E-state index in [-0.39, 0.29) is 19.0 Å². The van der Waals surface area contributed by atoms with E-state index in [1.165, 1.54) is 23.2 Å². The van der Waals surface area contributed by atoms with Gasteiger partial charge in [-0.2, -0.15) is 5.10 Å². The van der Waals surface area contributed by atoms with Crippen LogP contribution in [0.15, 0.2) is 36.9 Å². The smallest absolute Gasteiger partial charge is 0.431 e. The average molecular weight is 416 g/mol. The third-order valence-corrected chi connectivity index (χ3v) is 4.96. The van der Waals surface area contributed by atoms with E-state index >= 15 is 0 Å². The number of aliphatic hydroxyl groups is 2. The summed E-state index contributed by atoms with van der Waals surface area (Å²) in [6.45, 7) is 1.11. The zero-order chi connectivity index (χ0) is 21.3. The van der Waals surface area contributed by atoms with E-state index < -0.39 is 30.1 Å². The number of carbonyl (C=O) groups is 1.